The second-order valence-corrected chi connectivity index (χ2v) is 4.46. The lowest BCUT2D eigenvalue weighted by atomic mass is 10.3. The van der Waals surface area contributed by atoms with Crippen molar-refractivity contribution in [3.63, 3.8) is 0 Å². The molecule has 1 aromatic heterocycles. The first kappa shape index (κ1) is 10.9. The highest BCUT2D eigenvalue weighted by Crippen LogP contribution is 2.17. The minimum absolute atomic E-state index is 0.0938. The quantitative estimate of drug-likeness (QED) is 0.842. The SMILES string of the molecule is CCC(C)n1ncc(Br)c(Br)c1=O. The van der Waals surface area contributed by atoms with Crippen LogP contribution in [0.25, 0.3) is 0 Å². The van der Waals surface area contributed by atoms with Crippen molar-refractivity contribution in [1.29, 1.82) is 0 Å². The molecule has 1 atom stereocenters. The molecule has 0 fully saturated rings. The minimum Gasteiger partial charge on any atom is -0.266 e. The summed E-state index contributed by atoms with van der Waals surface area (Å²) in [5, 5.41) is 4.04. The van der Waals surface area contributed by atoms with Gasteiger partial charge >= 0.3 is 0 Å². The zero-order valence-electron chi connectivity index (χ0n) is 7.42. The zero-order chi connectivity index (χ0) is 10.0. The summed E-state index contributed by atoms with van der Waals surface area (Å²) in [6.07, 6.45) is 2.51. The first-order valence-electron chi connectivity index (χ1n) is 4.00. The normalized spacial score (nSPS) is 12.9. The van der Waals surface area contributed by atoms with Crippen LogP contribution in [0.15, 0.2) is 19.9 Å². The second kappa shape index (κ2) is 4.37. The maximum Gasteiger partial charge on any atom is 0.282 e. The molecule has 0 aromatic carbocycles. The van der Waals surface area contributed by atoms with Gasteiger partial charge in [0, 0.05) is 0 Å². The molecule has 0 spiro atoms. The van der Waals surface area contributed by atoms with E-state index >= 15 is 0 Å². The highest BCUT2D eigenvalue weighted by molar-refractivity contribution is 9.13. The van der Waals surface area contributed by atoms with Gasteiger partial charge in [0.2, 0.25) is 0 Å². The van der Waals surface area contributed by atoms with Crippen LogP contribution >= 0.6 is 31.9 Å². The third-order valence-corrected chi connectivity index (χ3v) is 3.81. The fraction of sp³-hybridized carbons (Fsp3) is 0.500. The van der Waals surface area contributed by atoms with Crippen LogP contribution in [-0.2, 0) is 0 Å². The molecule has 1 aromatic rings. The Morgan fingerprint density at radius 1 is 1.62 bits per heavy atom. The highest BCUT2D eigenvalue weighted by Gasteiger charge is 2.10. The molecule has 0 aliphatic rings. The molecule has 0 radical (unpaired) electrons. The van der Waals surface area contributed by atoms with Crippen LogP contribution in [0.5, 0.6) is 0 Å². The van der Waals surface area contributed by atoms with Gasteiger partial charge in [0.1, 0.15) is 4.47 Å². The molecule has 0 N–H and O–H groups in total. The van der Waals surface area contributed by atoms with E-state index in [0.717, 1.165) is 6.42 Å². The molecule has 3 nitrogen and oxygen atoms in total. The molecular formula is C8H10Br2N2O. The van der Waals surface area contributed by atoms with Crippen molar-refractivity contribution in [2.45, 2.75) is 26.3 Å². The van der Waals surface area contributed by atoms with Crippen LogP contribution < -0.4 is 5.56 Å². The van der Waals surface area contributed by atoms with Crippen LogP contribution in [0, 0.1) is 0 Å². The lowest BCUT2D eigenvalue weighted by molar-refractivity contribution is 0.451. The first-order valence-corrected chi connectivity index (χ1v) is 5.59. The lowest BCUT2D eigenvalue weighted by Gasteiger charge is -2.11. The van der Waals surface area contributed by atoms with Crippen LogP contribution in [0.2, 0.25) is 0 Å². The van der Waals surface area contributed by atoms with E-state index < -0.39 is 0 Å². The molecule has 1 rings (SSSR count). The molecule has 72 valence electrons. The van der Waals surface area contributed by atoms with Crippen LogP contribution in [0.3, 0.4) is 0 Å². The maximum absolute atomic E-state index is 11.6. The van der Waals surface area contributed by atoms with E-state index in [2.05, 4.69) is 37.0 Å². The predicted molar refractivity (Wildman–Crippen MR) is 58.9 cm³/mol. The molecule has 0 aliphatic heterocycles. The van der Waals surface area contributed by atoms with Gasteiger partial charge in [-0.25, -0.2) is 4.68 Å². The van der Waals surface area contributed by atoms with E-state index in [1.54, 1.807) is 6.20 Å². The van der Waals surface area contributed by atoms with Crippen molar-refractivity contribution >= 4 is 31.9 Å². The highest BCUT2D eigenvalue weighted by atomic mass is 79.9. The minimum atomic E-state index is -0.0938. The maximum atomic E-state index is 11.6. The number of halogens is 2. The van der Waals surface area contributed by atoms with Crippen LogP contribution in [-0.4, -0.2) is 9.78 Å². The van der Waals surface area contributed by atoms with E-state index in [-0.39, 0.29) is 11.6 Å². The summed E-state index contributed by atoms with van der Waals surface area (Å²) in [7, 11) is 0. The van der Waals surface area contributed by atoms with Gasteiger partial charge in [-0.3, -0.25) is 4.79 Å². The van der Waals surface area contributed by atoms with E-state index in [1.807, 2.05) is 13.8 Å². The topological polar surface area (TPSA) is 34.9 Å². The van der Waals surface area contributed by atoms with E-state index in [0.29, 0.717) is 8.95 Å². The van der Waals surface area contributed by atoms with E-state index in [1.165, 1.54) is 4.68 Å². The smallest absolute Gasteiger partial charge is 0.266 e. The average molecular weight is 310 g/mol. The number of rotatable bonds is 2. The first-order chi connectivity index (χ1) is 6.07. The number of hydrogen-bond donors (Lipinski definition) is 0. The van der Waals surface area contributed by atoms with Gasteiger partial charge in [-0.1, -0.05) is 6.92 Å². The van der Waals surface area contributed by atoms with E-state index in [4.69, 9.17) is 0 Å². The average Bonchev–Trinajstić information content (AvgIpc) is 2.13. The van der Waals surface area contributed by atoms with Crippen molar-refractivity contribution in [2.75, 3.05) is 0 Å². The van der Waals surface area contributed by atoms with Gasteiger partial charge in [-0.15, -0.1) is 0 Å². The molecule has 1 heterocycles. The fourth-order valence-corrected chi connectivity index (χ4v) is 1.46. The van der Waals surface area contributed by atoms with Crippen molar-refractivity contribution in [3.8, 4) is 0 Å². The van der Waals surface area contributed by atoms with Crippen molar-refractivity contribution in [2.24, 2.45) is 0 Å². The molecule has 5 heteroatoms. The van der Waals surface area contributed by atoms with Crippen LogP contribution in [0.4, 0.5) is 0 Å². The van der Waals surface area contributed by atoms with Crippen molar-refractivity contribution < 1.29 is 0 Å². The molecular weight excluding hydrogens is 300 g/mol. The Labute approximate surface area is 93.4 Å². The van der Waals surface area contributed by atoms with Crippen molar-refractivity contribution in [3.05, 3.63) is 25.5 Å². The van der Waals surface area contributed by atoms with Crippen LogP contribution in [0.1, 0.15) is 26.3 Å². The molecule has 13 heavy (non-hydrogen) atoms. The predicted octanol–water partition coefficient (Wildman–Crippen LogP) is 2.74. The molecule has 0 aliphatic carbocycles. The molecule has 0 bridgehead atoms. The Balaban J connectivity index is 3.26. The second-order valence-electron chi connectivity index (χ2n) is 2.81. The Kier molecular flexibility index (Phi) is 3.67. The summed E-state index contributed by atoms with van der Waals surface area (Å²) < 4.78 is 2.70. The summed E-state index contributed by atoms with van der Waals surface area (Å²) in [6, 6.07) is 0.136. The Hall–Kier alpha value is -0.160. The molecule has 0 amide bonds. The Bertz CT molecular complexity index is 362. The van der Waals surface area contributed by atoms with Gasteiger partial charge in [-0.2, -0.15) is 5.10 Å². The summed E-state index contributed by atoms with van der Waals surface area (Å²) in [5.74, 6) is 0. The number of aromatic nitrogens is 2. The largest absolute Gasteiger partial charge is 0.282 e. The van der Waals surface area contributed by atoms with Gasteiger partial charge < -0.3 is 0 Å². The van der Waals surface area contributed by atoms with E-state index in [9.17, 15) is 4.79 Å². The third kappa shape index (κ3) is 2.20. The standard InChI is InChI=1S/C8H10Br2N2O/c1-3-5(2)12-8(13)7(10)6(9)4-11-12/h4-5H,3H2,1-2H3. The summed E-state index contributed by atoms with van der Waals surface area (Å²) in [5.41, 5.74) is -0.0938. The zero-order valence-corrected chi connectivity index (χ0v) is 10.6. The Morgan fingerprint density at radius 2 is 2.23 bits per heavy atom. The Morgan fingerprint density at radius 3 is 2.77 bits per heavy atom. The molecule has 1 unspecified atom stereocenters. The lowest BCUT2D eigenvalue weighted by Crippen LogP contribution is -2.26. The number of hydrogen-bond acceptors (Lipinski definition) is 2. The third-order valence-electron chi connectivity index (χ3n) is 1.91. The van der Waals surface area contributed by atoms with Gasteiger partial charge in [0.15, 0.2) is 0 Å². The fourth-order valence-electron chi connectivity index (χ4n) is 0.912. The van der Waals surface area contributed by atoms with Gasteiger partial charge in [0.25, 0.3) is 5.56 Å². The molecule has 0 saturated carbocycles. The van der Waals surface area contributed by atoms with Gasteiger partial charge in [-0.05, 0) is 45.2 Å². The molecule has 0 saturated heterocycles. The summed E-state index contributed by atoms with van der Waals surface area (Å²) >= 11 is 6.44. The van der Waals surface area contributed by atoms with Crippen molar-refractivity contribution in [1.82, 2.24) is 9.78 Å². The monoisotopic (exact) mass is 308 g/mol. The number of nitrogens with zero attached hydrogens (tertiary/aromatic N) is 2. The summed E-state index contributed by atoms with van der Waals surface area (Å²) in [4.78, 5) is 11.6. The summed E-state index contributed by atoms with van der Waals surface area (Å²) in [6.45, 7) is 3.99. The van der Waals surface area contributed by atoms with Gasteiger partial charge in [0.05, 0.1) is 16.7 Å².